The molecule has 1 saturated heterocycles. The maximum atomic E-state index is 12.1. The number of methoxy groups -OCH3 is 1. The van der Waals surface area contributed by atoms with Gasteiger partial charge in [0.15, 0.2) is 9.84 Å². The summed E-state index contributed by atoms with van der Waals surface area (Å²) >= 11 is 0. The van der Waals surface area contributed by atoms with Gasteiger partial charge in [0.1, 0.15) is 5.75 Å². The monoisotopic (exact) mass is 298 g/mol. The summed E-state index contributed by atoms with van der Waals surface area (Å²) in [4.78, 5) is 13.6. The van der Waals surface area contributed by atoms with Crippen LogP contribution in [0.3, 0.4) is 0 Å². The molecule has 0 aliphatic carbocycles. The minimum Gasteiger partial charge on any atom is -0.495 e. The van der Waals surface area contributed by atoms with Crippen LogP contribution in [0.25, 0.3) is 0 Å². The predicted molar refractivity (Wildman–Crippen MR) is 76.8 cm³/mol. The van der Waals surface area contributed by atoms with E-state index in [0.717, 1.165) is 0 Å². The highest BCUT2D eigenvalue weighted by Gasteiger charge is 2.32. The Morgan fingerprint density at radius 1 is 1.40 bits per heavy atom. The van der Waals surface area contributed by atoms with Crippen molar-refractivity contribution in [1.29, 1.82) is 0 Å². The van der Waals surface area contributed by atoms with Crippen LogP contribution in [0.15, 0.2) is 24.3 Å². The van der Waals surface area contributed by atoms with Crippen LogP contribution in [0, 0.1) is 0 Å². The quantitative estimate of drug-likeness (QED) is 0.914. The fourth-order valence-corrected chi connectivity index (χ4v) is 3.19. The lowest BCUT2D eigenvalue weighted by Crippen LogP contribution is -2.35. The summed E-state index contributed by atoms with van der Waals surface area (Å²) in [5.74, 6) is 0.569. The molecule has 0 bridgehead atoms. The molecule has 0 saturated carbocycles. The number of rotatable bonds is 3. The molecule has 6 nitrogen and oxygen atoms in total. The van der Waals surface area contributed by atoms with Gasteiger partial charge in [-0.25, -0.2) is 13.2 Å². The van der Waals surface area contributed by atoms with Crippen molar-refractivity contribution in [1.82, 2.24) is 4.90 Å². The number of hydrogen-bond acceptors (Lipinski definition) is 4. The van der Waals surface area contributed by atoms with Gasteiger partial charge in [0.05, 0.1) is 18.0 Å². The minimum atomic E-state index is -3.10. The fraction of sp³-hybridized carbons (Fsp3) is 0.462. The van der Waals surface area contributed by atoms with Crippen LogP contribution in [-0.2, 0) is 9.84 Å². The molecular formula is C13H18N2O4S. The second-order valence-corrected chi connectivity index (χ2v) is 7.14. The number of hydrogen-bond donors (Lipinski definition) is 1. The van der Waals surface area contributed by atoms with E-state index in [-0.39, 0.29) is 12.6 Å². The van der Waals surface area contributed by atoms with Gasteiger partial charge in [-0.05, 0) is 18.6 Å². The first-order valence-corrected chi connectivity index (χ1v) is 8.25. The van der Waals surface area contributed by atoms with E-state index in [9.17, 15) is 13.2 Å². The molecule has 20 heavy (non-hydrogen) atoms. The number of carbonyl (C=O) groups is 1. The van der Waals surface area contributed by atoms with Crippen molar-refractivity contribution in [2.24, 2.45) is 0 Å². The van der Waals surface area contributed by atoms with E-state index in [0.29, 0.717) is 24.4 Å². The number of likely N-dealkylation sites (tertiary alicyclic amines) is 1. The van der Waals surface area contributed by atoms with Gasteiger partial charge >= 0.3 is 6.03 Å². The van der Waals surface area contributed by atoms with E-state index in [1.807, 2.05) is 6.07 Å². The van der Waals surface area contributed by atoms with Crippen LogP contribution in [0.1, 0.15) is 6.42 Å². The molecule has 1 aliphatic rings. The molecule has 1 unspecified atom stereocenters. The van der Waals surface area contributed by atoms with Crippen LogP contribution >= 0.6 is 0 Å². The predicted octanol–water partition coefficient (Wildman–Crippen LogP) is 1.35. The summed E-state index contributed by atoms with van der Waals surface area (Å²) in [5, 5.41) is 2.28. The van der Waals surface area contributed by atoms with Crippen molar-refractivity contribution in [2.45, 2.75) is 11.7 Å². The lowest BCUT2D eigenvalue weighted by Gasteiger charge is -2.18. The number of ether oxygens (including phenoxy) is 1. The van der Waals surface area contributed by atoms with E-state index in [1.165, 1.54) is 18.3 Å². The smallest absolute Gasteiger partial charge is 0.321 e. The molecule has 1 fully saturated rings. The summed E-state index contributed by atoms with van der Waals surface area (Å²) < 4.78 is 28.1. The summed E-state index contributed by atoms with van der Waals surface area (Å²) in [6.07, 6.45) is 1.69. The Morgan fingerprint density at radius 3 is 2.70 bits per heavy atom. The van der Waals surface area contributed by atoms with Crippen molar-refractivity contribution in [3.05, 3.63) is 24.3 Å². The Balaban J connectivity index is 2.03. The van der Waals surface area contributed by atoms with Crippen LogP contribution < -0.4 is 10.1 Å². The van der Waals surface area contributed by atoms with Crippen molar-refractivity contribution < 1.29 is 17.9 Å². The number of para-hydroxylation sites is 2. The Labute approximate surface area is 118 Å². The van der Waals surface area contributed by atoms with Gasteiger partial charge in [-0.3, -0.25) is 0 Å². The van der Waals surface area contributed by atoms with Gasteiger partial charge in [-0.2, -0.15) is 0 Å². The standard InChI is InChI=1S/C13H18N2O4S/c1-19-12-6-4-3-5-11(12)14-13(16)15-8-7-10(9-15)20(2,17)18/h3-6,10H,7-9H2,1-2H3,(H,14,16). The molecule has 0 radical (unpaired) electrons. The van der Waals surface area contributed by atoms with Crippen molar-refractivity contribution in [3.63, 3.8) is 0 Å². The first kappa shape index (κ1) is 14.6. The van der Waals surface area contributed by atoms with Gasteiger partial charge in [-0.15, -0.1) is 0 Å². The summed E-state index contributed by atoms with van der Waals surface area (Å²) in [5.41, 5.74) is 0.572. The molecule has 1 aliphatic heterocycles. The number of benzene rings is 1. The lowest BCUT2D eigenvalue weighted by molar-refractivity contribution is 0.222. The molecular weight excluding hydrogens is 280 g/mol. The van der Waals surface area contributed by atoms with Gasteiger partial charge < -0.3 is 15.0 Å². The van der Waals surface area contributed by atoms with E-state index < -0.39 is 15.1 Å². The second kappa shape index (κ2) is 5.70. The largest absolute Gasteiger partial charge is 0.495 e. The molecule has 1 aromatic rings. The molecule has 0 aromatic heterocycles. The van der Waals surface area contributed by atoms with Crippen molar-refractivity contribution in [3.8, 4) is 5.75 Å². The Kier molecular flexibility index (Phi) is 4.17. The number of amides is 2. The number of anilines is 1. The molecule has 1 N–H and O–H groups in total. The van der Waals surface area contributed by atoms with Gasteiger partial charge in [0.25, 0.3) is 0 Å². The first-order valence-electron chi connectivity index (χ1n) is 6.29. The van der Waals surface area contributed by atoms with Crippen LogP contribution in [-0.4, -0.2) is 51.1 Å². The number of nitrogens with one attached hydrogen (secondary N) is 1. The topological polar surface area (TPSA) is 75.7 Å². The molecule has 0 spiro atoms. The van der Waals surface area contributed by atoms with Gasteiger partial charge in [0, 0.05) is 19.3 Å². The maximum Gasteiger partial charge on any atom is 0.321 e. The molecule has 1 atom stereocenters. The van der Waals surface area contributed by atoms with Crippen LogP contribution in [0.2, 0.25) is 0 Å². The zero-order valence-electron chi connectivity index (χ0n) is 11.5. The molecule has 2 amide bonds. The summed E-state index contributed by atoms with van der Waals surface area (Å²) in [7, 11) is -1.57. The van der Waals surface area contributed by atoms with Crippen LogP contribution in [0.4, 0.5) is 10.5 Å². The Bertz CT molecular complexity index is 600. The molecule has 2 rings (SSSR count). The average Bonchev–Trinajstić information content (AvgIpc) is 2.89. The maximum absolute atomic E-state index is 12.1. The van der Waals surface area contributed by atoms with Gasteiger partial charge in [0.2, 0.25) is 0 Å². The van der Waals surface area contributed by atoms with Crippen molar-refractivity contribution >= 4 is 21.6 Å². The first-order chi connectivity index (χ1) is 9.41. The highest BCUT2D eigenvalue weighted by Crippen LogP contribution is 2.24. The lowest BCUT2D eigenvalue weighted by atomic mass is 10.3. The highest BCUT2D eigenvalue weighted by molar-refractivity contribution is 7.91. The van der Waals surface area contributed by atoms with Crippen LogP contribution in [0.5, 0.6) is 5.75 Å². The fourth-order valence-electron chi connectivity index (χ4n) is 2.20. The zero-order chi connectivity index (χ0) is 14.8. The van der Waals surface area contributed by atoms with E-state index in [4.69, 9.17) is 4.74 Å². The normalized spacial score (nSPS) is 18.9. The average molecular weight is 298 g/mol. The third-order valence-corrected chi connectivity index (χ3v) is 4.98. The minimum absolute atomic E-state index is 0.236. The zero-order valence-corrected chi connectivity index (χ0v) is 12.3. The molecule has 110 valence electrons. The SMILES string of the molecule is COc1ccccc1NC(=O)N1CCC(S(C)(=O)=O)C1. The number of sulfone groups is 1. The second-order valence-electron chi connectivity index (χ2n) is 4.82. The summed E-state index contributed by atoms with van der Waals surface area (Å²) in [6.45, 7) is 0.679. The molecule has 7 heteroatoms. The highest BCUT2D eigenvalue weighted by atomic mass is 32.2. The number of carbonyl (C=O) groups excluding carboxylic acids is 1. The van der Waals surface area contributed by atoms with E-state index in [1.54, 1.807) is 18.2 Å². The molecule has 1 heterocycles. The van der Waals surface area contributed by atoms with Crippen molar-refractivity contribution in [2.75, 3.05) is 31.8 Å². The Hall–Kier alpha value is -1.76. The third-order valence-electron chi connectivity index (χ3n) is 3.39. The van der Waals surface area contributed by atoms with Gasteiger partial charge in [-0.1, -0.05) is 12.1 Å². The van der Waals surface area contributed by atoms with E-state index in [2.05, 4.69) is 5.32 Å². The van der Waals surface area contributed by atoms with E-state index >= 15 is 0 Å². The summed E-state index contributed by atoms with van der Waals surface area (Å²) in [6, 6.07) is 6.78. The number of nitrogens with zero attached hydrogens (tertiary/aromatic N) is 1. The molecule has 1 aromatic carbocycles. The number of urea groups is 1. The third kappa shape index (κ3) is 3.22. The Morgan fingerprint density at radius 2 is 2.10 bits per heavy atom.